The number of methoxy groups -OCH3 is 1. The van der Waals surface area contributed by atoms with Crippen LogP contribution < -0.4 is 14.8 Å². The van der Waals surface area contributed by atoms with Gasteiger partial charge in [0.05, 0.1) is 7.11 Å². The Bertz CT molecular complexity index is 716. The fraction of sp³-hybridized carbons (Fsp3) is 0.214. The van der Waals surface area contributed by atoms with Crippen LogP contribution in [0.3, 0.4) is 0 Å². The number of nitrogens with one attached hydrogen (secondary N) is 2. The molecule has 23 heavy (non-hydrogen) atoms. The molecule has 0 unspecified atom stereocenters. The van der Waals surface area contributed by atoms with Crippen molar-refractivity contribution in [2.45, 2.75) is 13.5 Å². The number of benzene rings is 1. The first-order valence-electron chi connectivity index (χ1n) is 6.49. The summed E-state index contributed by atoms with van der Waals surface area (Å²) in [5.41, 5.74) is 0.574. The highest BCUT2D eigenvalue weighted by Gasteiger charge is 2.10. The van der Waals surface area contributed by atoms with Gasteiger partial charge in [0.25, 0.3) is 5.91 Å². The van der Waals surface area contributed by atoms with Crippen molar-refractivity contribution < 1.29 is 23.0 Å². The lowest BCUT2D eigenvalue weighted by Gasteiger charge is -2.10. The smallest absolute Gasteiger partial charge is 0.387 e. The number of alkyl halides is 2. The van der Waals surface area contributed by atoms with Crippen LogP contribution in [0.4, 0.5) is 14.7 Å². The fourth-order valence-electron chi connectivity index (χ4n) is 1.70. The van der Waals surface area contributed by atoms with Crippen LogP contribution in [0.1, 0.15) is 11.4 Å². The Hall–Kier alpha value is -2.97. The van der Waals surface area contributed by atoms with Crippen molar-refractivity contribution in [1.82, 2.24) is 15.2 Å². The quantitative estimate of drug-likeness (QED) is 0.796. The van der Waals surface area contributed by atoms with Crippen LogP contribution in [0.2, 0.25) is 0 Å². The maximum Gasteiger partial charge on any atom is 0.387 e. The van der Waals surface area contributed by atoms with E-state index in [0.29, 0.717) is 11.4 Å². The molecule has 0 fully saturated rings. The fourth-order valence-corrected chi connectivity index (χ4v) is 1.70. The highest BCUT2D eigenvalue weighted by Crippen LogP contribution is 2.29. The lowest BCUT2D eigenvalue weighted by Crippen LogP contribution is -2.09. The predicted molar refractivity (Wildman–Crippen MR) is 78.4 cm³/mol. The largest absolute Gasteiger partial charge is 0.493 e. The standard InChI is InChI=1S/C14H14F2N4O3/c1-8-17-14(20-19-8)18-12(21)6-4-9-3-5-10(23-13(15)16)11(7-9)22-2/h3-7,13H,1-2H3,(H2,17,18,19,20,21). The Kier molecular flexibility index (Phi) is 5.23. The second-order valence-corrected chi connectivity index (χ2v) is 4.36. The lowest BCUT2D eigenvalue weighted by molar-refractivity contribution is -0.111. The van der Waals surface area contributed by atoms with Crippen molar-refractivity contribution in [2.24, 2.45) is 0 Å². The van der Waals surface area contributed by atoms with Gasteiger partial charge in [-0.3, -0.25) is 15.2 Å². The van der Waals surface area contributed by atoms with E-state index in [0.717, 1.165) is 0 Å². The third-order valence-electron chi connectivity index (χ3n) is 2.66. The van der Waals surface area contributed by atoms with Gasteiger partial charge in [-0.2, -0.15) is 13.8 Å². The number of aryl methyl sites for hydroxylation is 1. The average Bonchev–Trinajstić information content (AvgIpc) is 2.90. The third kappa shape index (κ3) is 4.77. The molecule has 2 rings (SSSR count). The van der Waals surface area contributed by atoms with Crippen LogP contribution in [-0.2, 0) is 4.79 Å². The molecule has 0 bridgehead atoms. The molecule has 0 atom stereocenters. The number of ether oxygens (including phenoxy) is 2. The van der Waals surface area contributed by atoms with Crippen LogP contribution in [0.15, 0.2) is 24.3 Å². The summed E-state index contributed by atoms with van der Waals surface area (Å²) in [7, 11) is 1.33. The zero-order chi connectivity index (χ0) is 16.8. The Morgan fingerprint density at radius 3 is 2.78 bits per heavy atom. The number of H-pyrrole nitrogens is 1. The second kappa shape index (κ2) is 7.34. The van der Waals surface area contributed by atoms with Gasteiger partial charge < -0.3 is 9.47 Å². The first-order chi connectivity index (χ1) is 11.0. The molecule has 0 saturated heterocycles. The van der Waals surface area contributed by atoms with Gasteiger partial charge in [-0.25, -0.2) is 0 Å². The molecule has 0 aliphatic heterocycles. The van der Waals surface area contributed by atoms with E-state index in [9.17, 15) is 13.6 Å². The minimum absolute atomic E-state index is 0.0831. The Labute approximate surface area is 130 Å². The molecule has 1 aromatic carbocycles. The predicted octanol–water partition coefficient (Wildman–Crippen LogP) is 2.38. The Balaban J connectivity index is 2.05. The number of carbonyl (C=O) groups is 1. The van der Waals surface area contributed by atoms with E-state index >= 15 is 0 Å². The normalized spacial score (nSPS) is 11.0. The number of nitrogens with zero attached hydrogens (tertiary/aromatic N) is 2. The zero-order valence-electron chi connectivity index (χ0n) is 12.3. The molecular formula is C14H14F2N4O3. The van der Waals surface area contributed by atoms with Crippen molar-refractivity contribution in [3.05, 3.63) is 35.7 Å². The third-order valence-corrected chi connectivity index (χ3v) is 2.66. The van der Waals surface area contributed by atoms with Gasteiger partial charge in [0.2, 0.25) is 5.95 Å². The topological polar surface area (TPSA) is 89.1 Å². The van der Waals surface area contributed by atoms with Crippen LogP contribution in [-0.4, -0.2) is 34.8 Å². The summed E-state index contributed by atoms with van der Waals surface area (Å²) in [5, 5.41) is 8.83. The summed E-state index contributed by atoms with van der Waals surface area (Å²) < 4.78 is 33.8. The van der Waals surface area contributed by atoms with Crippen molar-refractivity contribution in [3.63, 3.8) is 0 Å². The van der Waals surface area contributed by atoms with Crippen molar-refractivity contribution >= 4 is 17.9 Å². The molecule has 2 aromatic rings. The van der Waals surface area contributed by atoms with Gasteiger partial charge in [0.15, 0.2) is 11.5 Å². The molecule has 0 saturated carbocycles. The second-order valence-electron chi connectivity index (χ2n) is 4.36. The van der Waals surface area contributed by atoms with Crippen LogP contribution >= 0.6 is 0 Å². The van der Waals surface area contributed by atoms with E-state index in [1.165, 1.54) is 37.5 Å². The van der Waals surface area contributed by atoms with E-state index in [4.69, 9.17) is 4.74 Å². The molecule has 0 aliphatic carbocycles. The highest BCUT2D eigenvalue weighted by atomic mass is 19.3. The number of anilines is 1. The van der Waals surface area contributed by atoms with E-state index in [2.05, 4.69) is 25.2 Å². The molecule has 2 N–H and O–H groups in total. The number of halogens is 2. The number of aromatic amines is 1. The van der Waals surface area contributed by atoms with Gasteiger partial charge >= 0.3 is 6.61 Å². The summed E-state index contributed by atoms with van der Waals surface area (Å²) in [5.74, 6) is 0.354. The SMILES string of the molecule is COc1cc(C=CC(=O)Nc2n[nH]c(C)n2)ccc1OC(F)F. The van der Waals surface area contributed by atoms with Crippen LogP contribution in [0.25, 0.3) is 6.08 Å². The zero-order valence-corrected chi connectivity index (χ0v) is 12.3. The molecule has 1 aromatic heterocycles. The average molecular weight is 324 g/mol. The van der Waals surface area contributed by atoms with Gasteiger partial charge in [-0.05, 0) is 30.7 Å². The van der Waals surface area contributed by atoms with E-state index in [1.54, 1.807) is 6.92 Å². The molecule has 122 valence electrons. The van der Waals surface area contributed by atoms with Gasteiger partial charge in [0.1, 0.15) is 5.82 Å². The number of rotatable bonds is 6. The number of carbonyl (C=O) groups excluding carboxylic acids is 1. The molecule has 0 aliphatic rings. The van der Waals surface area contributed by atoms with Crippen LogP contribution in [0, 0.1) is 6.92 Å². The van der Waals surface area contributed by atoms with Gasteiger partial charge in [-0.15, -0.1) is 5.10 Å². The number of amides is 1. The number of hydrogen-bond acceptors (Lipinski definition) is 5. The molecular weight excluding hydrogens is 310 g/mol. The molecule has 0 spiro atoms. The minimum Gasteiger partial charge on any atom is -0.493 e. The molecule has 1 amide bonds. The van der Waals surface area contributed by atoms with Gasteiger partial charge in [-0.1, -0.05) is 6.07 Å². The summed E-state index contributed by atoms with van der Waals surface area (Å²) in [6.07, 6.45) is 2.75. The van der Waals surface area contributed by atoms with E-state index < -0.39 is 12.5 Å². The first kappa shape index (κ1) is 16.4. The van der Waals surface area contributed by atoms with Crippen molar-refractivity contribution in [3.8, 4) is 11.5 Å². The molecule has 0 radical (unpaired) electrons. The minimum atomic E-state index is -2.94. The maximum absolute atomic E-state index is 12.2. The van der Waals surface area contributed by atoms with E-state index in [1.807, 2.05) is 0 Å². The summed E-state index contributed by atoms with van der Waals surface area (Å²) in [4.78, 5) is 15.6. The van der Waals surface area contributed by atoms with Crippen molar-refractivity contribution in [1.29, 1.82) is 0 Å². The number of aromatic nitrogens is 3. The monoisotopic (exact) mass is 324 g/mol. The highest BCUT2D eigenvalue weighted by molar-refractivity contribution is 6.00. The first-order valence-corrected chi connectivity index (χ1v) is 6.49. The summed E-state index contributed by atoms with van der Waals surface area (Å²) >= 11 is 0. The number of hydrogen-bond donors (Lipinski definition) is 2. The van der Waals surface area contributed by atoms with Crippen LogP contribution in [0.5, 0.6) is 11.5 Å². The van der Waals surface area contributed by atoms with Gasteiger partial charge in [0, 0.05) is 6.08 Å². The Morgan fingerprint density at radius 2 is 2.17 bits per heavy atom. The molecule has 1 heterocycles. The van der Waals surface area contributed by atoms with E-state index in [-0.39, 0.29) is 17.4 Å². The molecule has 9 heteroatoms. The summed E-state index contributed by atoms with van der Waals surface area (Å²) in [6, 6.07) is 4.32. The summed E-state index contributed by atoms with van der Waals surface area (Å²) in [6.45, 7) is -1.24. The maximum atomic E-state index is 12.2. The molecule has 7 nitrogen and oxygen atoms in total. The lowest BCUT2D eigenvalue weighted by atomic mass is 10.2. The van der Waals surface area contributed by atoms with Crippen molar-refractivity contribution in [2.75, 3.05) is 12.4 Å². The Morgan fingerprint density at radius 1 is 1.39 bits per heavy atom.